The molecule has 0 aliphatic rings. The van der Waals surface area contributed by atoms with Crippen LogP contribution < -0.4 is 10.6 Å². The molecule has 1 rings (SSSR count). The second kappa shape index (κ2) is 11.6. The summed E-state index contributed by atoms with van der Waals surface area (Å²) in [4.78, 5) is 6.72. The third-order valence-electron chi connectivity index (χ3n) is 3.62. The van der Waals surface area contributed by atoms with Crippen LogP contribution >= 0.6 is 24.0 Å². The van der Waals surface area contributed by atoms with E-state index >= 15 is 0 Å². The average Bonchev–Trinajstić information content (AvgIpc) is 2.47. The highest BCUT2D eigenvalue weighted by molar-refractivity contribution is 14.0. The number of aliphatic imine (C=N–C) groups is 1. The van der Waals surface area contributed by atoms with Crippen LogP contribution in [0.2, 0.25) is 0 Å². The van der Waals surface area contributed by atoms with Gasteiger partial charge in [0.15, 0.2) is 5.96 Å². The summed E-state index contributed by atoms with van der Waals surface area (Å²) in [6, 6.07) is 7.14. The van der Waals surface area contributed by atoms with E-state index in [-0.39, 0.29) is 35.8 Å². The van der Waals surface area contributed by atoms with Crippen LogP contribution in [0, 0.1) is 5.82 Å². The second-order valence-electron chi connectivity index (χ2n) is 5.71. The molecule has 2 unspecified atom stereocenters. The van der Waals surface area contributed by atoms with Gasteiger partial charge in [0.25, 0.3) is 0 Å². The Morgan fingerprint density at radius 3 is 2.52 bits per heavy atom. The predicted molar refractivity (Wildman–Crippen MR) is 107 cm³/mol. The molecule has 0 saturated heterocycles. The fraction of sp³-hybridized carbons (Fsp3) is 0.588. The molecule has 0 heterocycles. The van der Waals surface area contributed by atoms with Crippen molar-refractivity contribution in [1.29, 1.82) is 0 Å². The fourth-order valence-corrected chi connectivity index (χ4v) is 2.11. The smallest absolute Gasteiger partial charge is 0.191 e. The highest BCUT2D eigenvalue weighted by Gasteiger charge is 2.15. The Hall–Kier alpha value is -0.890. The van der Waals surface area contributed by atoms with Crippen molar-refractivity contribution in [2.24, 2.45) is 4.99 Å². The van der Waals surface area contributed by atoms with E-state index in [2.05, 4.69) is 34.4 Å². The van der Waals surface area contributed by atoms with Gasteiger partial charge in [0.1, 0.15) is 5.82 Å². The zero-order chi connectivity index (χ0) is 16.5. The molecule has 0 radical (unpaired) electrons. The molecule has 6 heteroatoms. The molecule has 0 saturated carbocycles. The topological polar surface area (TPSA) is 39.7 Å². The van der Waals surface area contributed by atoms with Crippen LogP contribution in [0.1, 0.15) is 38.8 Å². The van der Waals surface area contributed by atoms with Gasteiger partial charge < -0.3 is 15.5 Å². The van der Waals surface area contributed by atoms with E-state index in [1.807, 2.05) is 27.1 Å². The number of halogens is 2. The largest absolute Gasteiger partial charge is 0.357 e. The third-order valence-corrected chi connectivity index (χ3v) is 3.62. The molecule has 0 aliphatic carbocycles. The number of nitrogens with zero attached hydrogens (tertiary/aromatic N) is 2. The first-order valence-electron chi connectivity index (χ1n) is 7.94. The predicted octanol–water partition coefficient (Wildman–Crippen LogP) is 3.40. The lowest BCUT2D eigenvalue weighted by Gasteiger charge is -2.24. The molecule has 4 nitrogen and oxygen atoms in total. The maximum absolute atomic E-state index is 13.4. The van der Waals surface area contributed by atoms with Crippen molar-refractivity contribution >= 4 is 29.9 Å². The Morgan fingerprint density at radius 2 is 2.00 bits per heavy atom. The van der Waals surface area contributed by atoms with Gasteiger partial charge in [-0.15, -0.1) is 24.0 Å². The summed E-state index contributed by atoms with van der Waals surface area (Å²) in [5, 5.41) is 6.62. The second-order valence-corrected chi connectivity index (χ2v) is 5.71. The fourth-order valence-electron chi connectivity index (χ4n) is 2.11. The highest BCUT2D eigenvalue weighted by atomic mass is 127. The Bertz CT molecular complexity index is 479. The van der Waals surface area contributed by atoms with Crippen LogP contribution in [0.4, 0.5) is 4.39 Å². The Balaban J connectivity index is 0.00000484. The maximum atomic E-state index is 13.4. The molecule has 1 aromatic carbocycles. The number of benzene rings is 1. The van der Waals surface area contributed by atoms with Gasteiger partial charge in [-0.1, -0.05) is 19.1 Å². The number of rotatable bonds is 7. The summed E-state index contributed by atoms with van der Waals surface area (Å²) in [5.41, 5.74) is 0.938. The van der Waals surface area contributed by atoms with Crippen molar-refractivity contribution in [1.82, 2.24) is 15.5 Å². The first-order chi connectivity index (χ1) is 10.5. The molecule has 0 bridgehead atoms. The molecule has 0 amide bonds. The molecule has 1 aromatic rings. The quantitative estimate of drug-likeness (QED) is 0.391. The Kier molecular flexibility index (Phi) is 11.2. The van der Waals surface area contributed by atoms with E-state index < -0.39 is 0 Å². The summed E-state index contributed by atoms with van der Waals surface area (Å²) >= 11 is 0. The monoisotopic (exact) mass is 436 g/mol. The van der Waals surface area contributed by atoms with Crippen molar-refractivity contribution in [3.05, 3.63) is 35.6 Å². The first-order valence-corrected chi connectivity index (χ1v) is 7.94. The molecule has 0 spiro atoms. The zero-order valence-corrected chi connectivity index (χ0v) is 17.1. The SMILES string of the molecule is CCNC(=NCC(c1cccc(F)c1)N(C)C)NC(C)CC.I. The van der Waals surface area contributed by atoms with Crippen LogP contribution in [0.3, 0.4) is 0 Å². The van der Waals surface area contributed by atoms with Crippen molar-refractivity contribution in [2.75, 3.05) is 27.2 Å². The van der Waals surface area contributed by atoms with Crippen LogP contribution in [0.5, 0.6) is 0 Å². The van der Waals surface area contributed by atoms with Gasteiger partial charge >= 0.3 is 0 Å². The summed E-state index contributed by atoms with van der Waals surface area (Å²) in [5.74, 6) is 0.595. The van der Waals surface area contributed by atoms with Crippen molar-refractivity contribution in [3.63, 3.8) is 0 Å². The normalized spacial score (nSPS) is 14.1. The van der Waals surface area contributed by atoms with E-state index in [9.17, 15) is 4.39 Å². The molecule has 2 atom stereocenters. The summed E-state index contributed by atoms with van der Waals surface area (Å²) in [6.07, 6.45) is 1.03. The van der Waals surface area contributed by atoms with Gasteiger partial charge in [0.05, 0.1) is 12.6 Å². The van der Waals surface area contributed by atoms with E-state index in [4.69, 9.17) is 0 Å². The number of likely N-dealkylation sites (N-methyl/N-ethyl adjacent to an activating group) is 1. The molecule has 0 aromatic heterocycles. The molecular formula is C17H30FIN4. The lowest BCUT2D eigenvalue weighted by Crippen LogP contribution is -2.42. The molecular weight excluding hydrogens is 406 g/mol. The summed E-state index contributed by atoms with van der Waals surface area (Å²) in [6.45, 7) is 7.69. The van der Waals surface area contributed by atoms with Gasteiger partial charge in [-0.3, -0.25) is 4.99 Å². The summed E-state index contributed by atoms with van der Waals surface area (Å²) < 4.78 is 13.4. The highest BCUT2D eigenvalue weighted by Crippen LogP contribution is 2.19. The number of guanidine groups is 1. The standard InChI is InChI=1S/C17H29FN4.HI/c1-6-13(3)21-17(19-7-2)20-12-16(22(4)5)14-9-8-10-15(18)11-14;/h8-11,13,16H,6-7,12H2,1-5H3,(H2,19,20,21);1H. The van der Waals surface area contributed by atoms with Gasteiger partial charge in [-0.2, -0.15) is 0 Å². The van der Waals surface area contributed by atoms with Gasteiger partial charge in [-0.05, 0) is 52.1 Å². The minimum Gasteiger partial charge on any atom is -0.357 e. The molecule has 0 fully saturated rings. The third kappa shape index (κ3) is 7.97. The van der Waals surface area contributed by atoms with Crippen molar-refractivity contribution in [2.45, 2.75) is 39.3 Å². The van der Waals surface area contributed by atoms with Gasteiger partial charge in [-0.25, -0.2) is 4.39 Å². The van der Waals surface area contributed by atoms with Crippen molar-refractivity contribution in [3.8, 4) is 0 Å². The zero-order valence-electron chi connectivity index (χ0n) is 14.8. The molecule has 132 valence electrons. The van der Waals surface area contributed by atoms with Gasteiger partial charge in [0.2, 0.25) is 0 Å². The average molecular weight is 436 g/mol. The van der Waals surface area contributed by atoms with Crippen LogP contribution in [0.15, 0.2) is 29.3 Å². The van der Waals surface area contributed by atoms with Gasteiger partial charge in [0, 0.05) is 12.6 Å². The number of hydrogen-bond donors (Lipinski definition) is 2. The maximum Gasteiger partial charge on any atom is 0.191 e. The van der Waals surface area contributed by atoms with E-state index in [0.29, 0.717) is 12.6 Å². The molecule has 23 heavy (non-hydrogen) atoms. The number of nitrogens with one attached hydrogen (secondary N) is 2. The van der Waals surface area contributed by atoms with Crippen LogP contribution in [-0.4, -0.2) is 44.1 Å². The van der Waals surface area contributed by atoms with E-state index in [1.54, 1.807) is 12.1 Å². The lowest BCUT2D eigenvalue weighted by molar-refractivity contribution is 0.305. The van der Waals surface area contributed by atoms with E-state index in [1.165, 1.54) is 6.07 Å². The minimum absolute atomic E-state index is 0. The Morgan fingerprint density at radius 1 is 1.30 bits per heavy atom. The van der Waals surface area contributed by atoms with E-state index in [0.717, 1.165) is 24.5 Å². The summed E-state index contributed by atoms with van der Waals surface area (Å²) in [7, 11) is 3.97. The number of hydrogen-bond acceptors (Lipinski definition) is 2. The Labute approximate surface area is 157 Å². The van der Waals surface area contributed by atoms with Crippen LogP contribution in [0.25, 0.3) is 0 Å². The lowest BCUT2D eigenvalue weighted by atomic mass is 10.1. The van der Waals surface area contributed by atoms with Crippen LogP contribution in [-0.2, 0) is 0 Å². The first kappa shape index (κ1) is 22.1. The van der Waals surface area contributed by atoms with Crippen molar-refractivity contribution < 1.29 is 4.39 Å². The molecule has 0 aliphatic heterocycles. The minimum atomic E-state index is -0.210. The molecule has 2 N–H and O–H groups in total.